The average molecular weight is 311 g/mol. The van der Waals surface area contributed by atoms with Gasteiger partial charge in [0.1, 0.15) is 0 Å². The summed E-state index contributed by atoms with van der Waals surface area (Å²) in [6.45, 7) is 0.749. The number of aryl methyl sites for hydroxylation is 1. The third kappa shape index (κ3) is 4.05. The fourth-order valence-corrected chi connectivity index (χ4v) is 2.96. The normalized spacial score (nSPS) is 10.5. The van der Waals surface area contributed by atoms with Gasteiger partial charge in [0, 0.05) is 31.0 Å². The van der Waals surface area contributed by atoms with E-state index in [1.807, 2.05) is 40.4 Å². The summed E-state index contributed by atoms with van der Waals surface area (Å²) < 4.78 is 2.00. The molecule has 0 atom stereocenters. The molecule has 0 aliphatic heterocycles. The second kappa shape index (κ2) is 7.04. The first-order valence-electron chi connectivity index (χ1n) is 7.15. The molecular weight excluding hydrogens is 294 g/mol. The van der Waals surface area contributed by atoms with E-state index >= 15 is 0 Å². The minimum Gasteiger partial charge on any atom is -0.333 e. The zero-order chi connectivity index (χ0) is 15.2. The number of imidazole rings is 1. The number of carbonyl (C=O) groups is 1. The van der Waals surface area contributed by atoms with Gasteiger partial charge in [0.05, 0.1) is 6.33 Å². The van der Waals surface area contributed by atoms with Crippen molar-refractivity contribution in [3.05, 3.63) is 70.9 Å². The predicted molar refractivity (Wildman–Crippen MR) is 89.0 cm³/mol. The molecule has 0 fully saturated rings. The smallest absolute Gasteiger partial charge is 0.224 e. The topological polar surface area (TPSA) is 46.9 Å². The van der Waals surface area contributed by atoms with Gasteiger partial charge in [0.2, 0.25) is 5.91 Å². The highest BCUT2D eigenvalue weighted by atomic mass is 32.1. The fourth-order valence-electron chi connectivity index (χ4n) is 2.25. The molecule has 2 aromatic heterocycles. The maximum Gasteiger partial charge on any atom is 0.224 e. The molecule has 0 unspecified atom stereocenters. The number of thiophene rings is 1. The molecule has 112 valence electrons. The molecule has 0 aliphatic rings. The summed E-state index contributed by atoms with van der Waals surface area (Å²) in [5.74, 6) is 0.0472. The quantitative estimate of drug-likeness (QED) is 0.756. The molecule has 1 aromatic carbocycles. The van der Waals surface area contributed by atoms with Crippen molar-refractivity contribution in [3.8, 4) is 0 Å². The van der Waals surface area contributed by atoms with Gasteiger partial charge in [0.25, 0.3) is 0 Å². The molecule has 0 saturated heterocycles. The highest BCUT2D eigenvalue weighted by molar-refractivity contribution is 7.07. The number of nitrogens with one attached hydrogen (secondary N) is 1. The minimum atomic E-state index is 0.0472. The highest BCUT2D eigenvalue weighted by Gasteiger charge is 2.04. The molecule has 0 saturated carbocycles. The van der Waals surface area contributed by atoms with E-state index < -0.39 is 0 Å². The number of hydrogen-bond acceptors (Lipinski definition) is 3. The molecule has 0 bridgehead atoms. The molecule has 5 heteroatoms. The Morgan fingerprint density at radius 1 is 1.27 bits per heavy atom. The third-order valence-corrected chi connectivity index (χ3v) is 4.09. The first-order valence-corrected chi connectivity index (χ1v) is 8.09. The largest absolute Gasteiger partial charge is 0.333 e. The van der Waals surface area contributed by atoms with Gasteiger partial charge < -0.3 is 9.88 Å². The SMILES string of the molecule is O=C(CCc1ccsc1)Nc1cccc(Cn2ccnc2)c1. The van der Waals surface area contributed by atoms with E-state index in [-0.39, 0.29) is 5.91 Å². The van der Waals surface area contributed by atoms with Crippen LogP contribution in [-0.2, 0) is 17.8 Å². The van der Waals surface area contributed by atoms with Crippen LogP contribution < -0.4 is 5.32 Å². The second-order valence-corrected chi connectivity index (χ2v) is 5.90. The van der Waals surface area contributed by atoms with E-state index in [1.54, 1.807) is 23.9 Å². The Morgan fingerprint density at radius 2 is 2.23 bits per heavy atom. The molecule has 0 radical (unpaired) electrons. The molecule has 1 amide bonds. The van der Waals surface area contributed by atoms with Crippen LogP contribution in [0.5, 0.6) is 0 Å². The number of benzene rings is 1. The summed E-state index contributed by atoms with van der Waals surface area (Å²) in [5.41, 5.74) is 3.19. The molecule has 2 heterocycles. The molecular formula is C17H17N3OS. The predicted octanol–water partition coefficient (Wildman–Crippen LogP) is 3.56. The van der Waals surface area contributed by atoms with Gasteiger partial charge in [-0.15, -0.1) is 0 Å². The van der Waals surface area contributed by atoms with Crippen LogP contribution in [0.3, 0.4) is 0 Å². The molecule has 0 spiro atoms. The number of rotatable bonds is 6. The number of nitrogens with zero attached hydrogens (tertiary/aromatic N) is 2. The van der Waals surface area contributed by atoms with Crippen molar-refractivity contribution in [2.45, 2.75) is 19.4 Å². The lowest BCUT2D eigenvalue weighted by Gasteiger charge is -2.08. The minimum absolute atomic E-state index is 0.0472. The van der Waals surface area contributed by atoms with Crippen molar-refractivity contribution in [2.24, 2.45) is 0 Å². The standard InChI is InChI=1S/C17H17N3OS/c21-17(5-4-14-6-9-22-12-14)19-16-3-1-2-15(10-16)11-20-8-7-18-13-20/h1-3,6-10,12-13H,4-5,11H2,(H,19,21). The second-order valence-electron chi connectivity index (χ2n) is 5.12. The van der Waals surface area contributed by atoms with Crippen molar-refractivity contribution < 1.29 is 4.79 Å². The van der Waals surface area contributed by atoms with Crippen LogP contribution in [0.4, 0.5) is 5.69 Å². The van der Waals surface area contributed by atoms with E-state index in [2.05, 4.69) is 21.7 Å². The lowest BCUT2D eigenvalue weighted by atomic mass is 10.1. The van der Waals surface area contributed by atoms with E-state index in [4.69, 9.17) is 0 Å². The van der Waals surface area contributed by atoms with E-state index in [1.165, 1.54) is 5.56 Å². The first-order chi connectivity index (χ1) is 10.8. The number of carbonyl (C=O) groups excluding carboxylic acids is 1. The third-order valence-electron chi connectivity index (χ3n) is 3.36. The van der Waals surface area contributed by atoms with Gasteiger partial charge >= 0.3 is 0 Å². The molecule has 1 N–H and O–H groups in total. The fraction of sp³-hybridized carbons (Fsp3) is 0.176. The van der Waals surface area contributed by atoms with E-state index in [0.29, 0.717) is 6.42 Å². The van der Waals surface area contributed by atoms with Crippen LogP contribution in [0.2, 0.25) is 0 Å². The molecule has 3 rings (SSSR count). The van der Waals surface area contributed by atoms with Crippen LogP contribution in [0.25, 0.3) is 0 Å². The van der Waals surface area contributed by atoms with Crippen LogP contribution in [0.1, 0.15) is 17.5 Å². The Bertz CT molecular complexity index is 720. The lowest BCUT2D eigenvalue weighted by molar-refractivity contribution is -0.116. The van der Waals surface area contributed by atoms with Crippen molar-refractivity contribution in [2.75, 3.05) is 5.32 Å². The monoisotopic (exact) mass is 311 g/mol. The zero-order valence-corrected chi connectivity index (χ0v) is 12.9. The van der Waals surface area contributed by atoms with Gasteiger partial charge in [-0.05, 0) is 46.5 Å². The van der Waals surface area contributed by atoms with Gasteiger partial charge in [-0.25, -0.2) is 4.98 Å². The summed E-state index contributed by atoms with van der Waals surface area (Å²) >= 11 is 1.66. The maximum absolute atomic E-state index is 12.0. The van der Waals surface area contributed by atoms with Crippen LogP contribution in [0.15, 0.2) is 59.8 Å². The van der Waals surface area contributed by atoms with Crippen molar-refractivity contribution in [1.82, 2.24) is 9.55 Å². The van der Waals surface area contributed by atoms with Crippen LogP contribution in [-0.4, -0.2) is 15.5 Å². The number of anilines is 1. The van der Waals surface area contributed by atoms with Gasteiger partial charge in [-0.2, -0.15) is 11.3 Å². The molecule has 3 aromatic rings. The summed E-state index contributed by atoms with van der Waals surface area (Å²) in [7, 11) is 0. The van der Waals surface area contributed by atoms with Crippen LogP contribution >= 0.6 is 11.3 Å². The summed E-state index contributed by atoms with van der Waals surface area (Å²) in [6, 6.07) is 9.98. The average Bonchev–Trinajstić information content (AvgIpc) is 3.19. The molecule has 4 nitrogen and oxygen atoms in total. The zero-order valence-electron chi connectivity index (χ0n) is 12.1. The Labute approximate surface area is 133 Å². The summed E-state index contributed by atoms with van der Waals surface area (Å²) in [4.78, 5) is 16.0. The van der Waals surface area contributed by atoms with Crippen molar-refractivity contribution in [3.63, 3.8) is 0 Å². The van der Waals surface area contributed by atoms with Crippen LogP contribution in [0, 0.1) is 0 Å². The number of hydrogen-bond donors (Lipinski definition) is 1. The number of aromatic nitrogens is 2. The van der Waals surface area contributed by atoms with Gasteiger partial charge in [-0.1, -0.05) is 12.1 Å². The highest BCUT2D eigenvalue weighted by Crippen LogP contribution is 2.13. The first kappa shape index (κ1) is 14.5. The Kier molecular flexibility index (Phi) is 4.65. The Hall–Kier alpha value is -2.40. The van der Waals surface area contributed by atoms with Crippen molar-refractivity contribution >= 4 is 22.9 Å². The van der Waals surface area contributed by atoms with Crippen molar-refractivity contribution in [1.29, 1.82) is 0 Å². The van der Waals surface area contributed by atoms with Gasteiger partial charge in [-0.3, -0.25) is 4.79 Å². The summed E-state index contributed by atoms with van der Waals surface area (Å²) in [6.07, 6.45) is 6.75. The van der Waals surface area contributed by atoms with E-state index in [9.17, 15) is 4.79 Å². The molecule has 22 heavy (non-hydrogen) atoms. The molecule has 0 aliphatic carbocycles. The van der Waals surface area contributed by atoms with Gasteiger partial charge in [0.15, 0.2) is 0 Å². The van der Waals surface area contributed by atoms with E-state index in [0.717, 1.165) is 24.2 Å². The maximum atomic E-state index is 12.0. The Morgan fingerprint density at radius 3 is 3.00 bits per heavy atom. The number of amides is 1. The Balaban J connectivity index is 1.56. The lowest BCUT2D eigenvalue weighted by Crippen LogP contribution is -2.12. The summed E-state index contributed by atoms with van der Waals surface area (Å²) in [5, 5.41) is 7.08.